The van der Waals surface area contributed by atoms with Crippen molar-refractivity contribution in [2.24, 2.45) is 33.8 Å². The van der Waals surface area contributed by atoms with E-state index in [0.29, 0.717) is 12.0 Å². The van der Waals surface area contributed by atoms with E-state index in [2.05, 4.69) is 20.9 Å². The number of aliphatic hydroxyl groups excluding tert-OH is 1. The predicted octanol–water partition coefficient (Wildman–Crippen LogP) is -1.32. The summed E-state index contributed by atoms with van der Waals surface area (Å²) in [7, 11) is 0. The van der Waals surface area contributed by atoms with Crippen LogP contribution in [0.4, 0.5) is 4.39 Å². The largest absolute Gasteiger partial charge is 0.394 e. The highest BCUT2D eigenvalue weighted by Crippen LogP contribution is 2.25. The molecule has 0 unspecified atom stereocenters. The monoisotopic (exact) mass is 697 g/mol. The van der Waals surface area contributed by atoms with Gasteiger partial charge in [0.15, 0.2) is 5.96 Å². The summed E-state index contributed by atoms with van der Waals surface area (Å²) in [6.07, 6.45) is 0.751. The second kappa shape index (κ2) is 18.6. The summed E-state index contributed by atoms with van der Waals surface area (Å²) in [5, 5.41) is 17.5. The highest BCUT2D eigenvalue weighted by Gasteiger charge is 2.40. The Balaban J connectivity index is 1.91. The lowest BCUT2D eigenvalue weighted by Crippen LogP contribution is -2.61. The Kier molecular flexibility index (Phi) is 14.6. The minimum Gasteiger partial charge on any atom is -0.394 e. The van der Waals surface area contributed by atoms with Gasteiger partial charge in [0.1, 0.15) is 36.0 Å². The summed E-state index contributed by atoms with van der Waals surface area (Å²) in [6, 6.07) is 6.86. The molecule has 0 saturated carbocycles. The Morgan fingerprint density at radius 1 is 0.920 bits per heavy atom. The first-order valence-electron chi connectivity index (χ1n) is 16.4. The molecule has 0 fully saturated rings. The first kappa shape index (κ1) is 39.3. The first-order chi connectivity index (χ1) is 23.7. The van der Waals surface area contributed by atoms with Crippen LogP contribution in [0.1, 0.15) is 49.8 Å². The molecule has 0 aromatic heterocycles. The third-order valence-corrected chi connectivity index (χ3v) is 8.28. The topological polar surface area (TPSA) is 261 Å². The van der Waals surface area contributed by atoms with Gasteiger partial charge in [-0.1, -0.05) is 50.2 Å². The van der Waals surface area contributed by atoms with E-state index in [0.717, 1.165) is 11.1 Å². The fourth-order valence-corrected chi connectivity index (χ4v) is 5.64. The molecule has 2 aromatic rings. The average molecular weight is 698 g/mol. The molecule has 272 valence electrons. The molecule has 0 aliphatic carbocycles. The Bertz CT molecular complexity index is 1530. The zero-order valence-electron chi connectivity index (χ0n) is 28.3. The van der Waals surface area contributed by atoms with Crippen molar-refractivity contribution < 1.29 is 33.5 Å². The van der Waals surface area contributed by atoms with E-state index in [1.165, 1.54) is 29.2 Å². The molecule has 12 N–H and O–H groups in total. The number of carbonyl (C=O) groups is 5. The van der Waals surface area contributed by atoms with Gasteiger partial charge >= 0.3 is 0 Å². The number of nitrogens with two attached hydrogens (primary N) is 4. The zero-order chi connectivity index (χ0) is 37.0. The van der Waals surface area contributed by atoms with Crippen molar-refractivity contribution in [3.63, 3.8) is 0 Å². The minimum atomic E-state index is -1.31. The van der Waals surface area contributed by atoms with Gasteiger partial charge in [0.2, 0.25) is 29.5 Å². The quantitative estimate of drug-likeness (QED) is 0.0553. The molecule has 2 aromatic carbocycles. The fourth-order valence-electron chi connectivity index (χ4n) is 5.64. The van der Waals surface area contributed by atoms with Crippen LogP contribution in [-0.2, 0) is 43.4 Å². The summed E-state index contributed by atoms with van der Waals surface area (Å²) in [5.41, 5.74) is 24.1. The molecule has 50 heavy (non-hydrogen) atoms. The molecule has 5 amide bonds. The van der Waals surface area contributed by atoms with Crippen molar-refractivity contribution in [2.45, 2.75) is 82.7 Å². The van der Waals surface area contributed by atoms with Gasteiger partial charge in [0.25, 0.3) is 0 Å². The van der Waals surface area contributed by atoms with E-state index >= 15 is 0 Å². The first-order valence-corrected chi connectivity index (χ1v) is 16.4. The van der Waals surface area contributed by atoms with Gasteiger partial charge in [-0.3, -0.25) is 29.0 Å². The van der Waals surface area contributed by atoms with Gasteiger partial charge in [-0.2, -0.15) is 0 Å². The fraction of sp³-hybridized carbons (Fsp3) is 0.471. The van der Waals surface area contributed by atoms with Crippen LogP contribution in [0.25, 0.3) is 0 Å². The molecule has 15 nitrogen and oxygen atoms in total. The number of hydrogen-bond acceptors (Lipinski definition) is 8. The summed E-state index contributed by atoms with van der Waals surface area (Å²) in [4.78, 5) is 72.1. The number of halogens is 1. The lowest BCUT2D eigenvalue weighted by molar-refractivity contribution is -0.145. The highest BCUT2D eigenvalue weighted by atomic mass is 19.1. The maximum Gasteiger partial charge on any atom is 0.246 e. The smallest absolute Gasteiger partial charge is 0.246 e. The Hall–Kier alpha value is -5.09. The number of rotatable bonds is 17. The number of guanidine groups is 1. The standard InChI is InChI=1S/C34H48FN9O6/c1-19(2)14-26(31(48)41-25(29(37)46)8-5-13-40-34(38)39)42-32(49)28-16-21-6-3-4-7-22(21)17-44(28)33(50)27(43-30(47)24(36)18-45)15-20-9-11-23(35)12-10-20/h3-4,6-7,9-12,19,24-28,45H,5,8,13-18,36H2,1-2H3,(H2,37,46)(H,41,48)(H,42,49)(H,43,47)(H4,38,39,40)/t24-,25-,26-,27-,28-/m0/s1. The van der Waals surface area contributed by atoms with Gasteiger partial charge < -0.3 is 48.9 Å². The Morgan fingerprint density at radius 3 is 2.16 bits per heavy atom. The number of benzene rings is 2. The number of nitrogens with zero attached hydrogens (tertiary/aromatic N) is 2. The third-order valence-electron chi connectivity index (χ3n) is 8.28. The van der Waals surface area contributed by atoms with E-state index in [1.54, 1.807) is 6.07 Å². The highest BCUT2D eigenvalue weighted by molar-refractivity contribution is 5.96. The maximum atomic E-state index is 14.3. The number of nitrogens with one attached hydrogen (secondary N) is 3. The van der Waals surface area contributed by atoms with Crippen molar-refractivity contribution in [3.8, 4) is 0 Å². The molecule has 5 atom stereocenters. The number of amides is 5. The molecule has 0 radical (unpaired) electrons. The molecule has 1 aliphatic heterocycles. The maximum absolute atomic E-state index is 14.3. The molecule has 3 rings (SSSR count). The lowest BCUT2D eigenvalue weighted by atomic mass is 9.91. The van der Waals surface area contributed by atoms with Crippen LogP contribution in [0.5, 0.6) is 0 Å². The van der Waals surface area contributed by atoms with Crippen molar-refractivity contribution in [3.05, 3.63) is 71.0 Å². The average Bonchev–Trinajstić information content (AvgIpc) is 3.07. The van der Waals surface area contributed by atoms with Gasteiger partial charge in [-0.15, -0.1) is 0 Å². The van der Waals surface area contributed by atoms with Crippen LogP contribution in [0.2, 0.25) is 0 Å². The van der Waals surface area contributed by atoms with Crippen LogP contribution in [0.15, 0.2) is 53.5 Å². The van der Waals surface area contributed by atoms with Gasteiger partial charge in [-0.25, -0.2) is 4.39 Å². The number of primary amides is 1. The molecular weight excluding hydrogens is 649 g/mol. The zero-order valence-corrected chi connectivity index (χ0v) is 28.3. The number of fused-ring (bicyclic) bond motifs is 1. The SMILES string of the molecule is CC(C)C[C@H](NC(=O)[C@@H]1Cc2ccccc2CN1C(=O)[C@H](Cc1ccc(F)cc1)NC(=O)[C@@H](N)CO)C(=O)N[C@@H](CCCN=C(N)N)C(N)=O. The molecule has 1 aliphatic rings. The number of carbonyl (C=O) groups excluding carboxylic acids is 5. The summed E-state index contributed by atoms with van der Waals surface area (Å²) in [6.45, 7) is 3.28. The Labute approximate surface area is 290 Å². The van der Waals surface area contributed by atoms with Gasteiger partial charge in [0, 0.05) is 25.9 Å². The Morgan fingerprint density at radius 2 is 1.56 bits per heavy atom. The van der Waals surface area contributed by atoms with Crippen molar-refractivity contribution in [2.75, 3.05) is 13.2 Å². The summed E-state index contributed by atoms with van der Waals surface area (Å²) < 4.78 is 13.7. The molecule has 0 saturated heterocycles. The predicted molar refractivity (Wildman–Crippen MR) is 184 cm³/mol. The van der Waals surface area contributed by atoms with Gasteiger partial charge in [0.05, 0.1) is 6.61 Å². The van der Waals surface area contributed by atoms with E-state index in [9.17, 15) is 33.5 Å². The van der Waals surface area contributed by atoms with Crippen molar-refractivity contribution in [1.82, 2.24) is 20.9 Å². The van der Waals surface area contributed by atoms with Crippen LogP contribution < -0.4 is 38.9 Å². The van der Waals surface area contributed by atoms with Crippen molar-refractivity contribution >= 4 is 35.5 Å². The van der Waals surface area contributed by atoms with Crippen LogP contribution in [0.3, 0.4) is 0 Å². The number of hydrogen-bond donors (Lipinski definition) is 8. The van der Waals surface area contributed by atoms with E-state index < -0.39 is 72.2 Å². The summed E-state index contributed by atoms with van der Waals surface area (Å²) >= 11 is 0. The third kappa shape index (κ3) is 11.5. The molecule has 0 bridgehead atoms. The lowest BCUT2D eigenvalue weighted by Gasteiger charge is -2.39. The summed E-state index contributed by atoms with van der Waals surface area (Å²) in [5.74, 6) is -4.10. The number of aliphatic imine (C=N–C) groups is 1. The van der Waals surface area contributed by atoms with Crippen LogP contribution in [0, 0.1) is 11.7 Å². The second-order valence-electron chi connectivity index (χ2n) is 12.7. The molecule has 1 heterocycles. The molecule has 0 spiro atoms. The molecule has 16 heteroatoms. The molecular formula is C34H48FN9O6. The van der Waals surface area contributed by atoms with E-state index in [4.69, 9.17) is 22.9 Å². The van der Waals surface area contributed by atoms with Crippen molar-refractivity contribution in [1.29, 1.82) is 0 Å². The van der Waals surface area contributed by atoms with Gasteiger partial charge in [-0.05, 0) is 54.0 Å². The second-order valence-corrected chi connectivity index (χ2v) is 12.7. The minimum absolute atomic E-state index is 0.00945. The van der Waals surface area contributed by atoms with Crippen LogP contribution in [-0.4, -0.2) is 88.9 Å². The van der Waals surface area contributed by atoms with Crippen LogP contribution >= 0.6 is 0 Å². The number of aliphatic hydroxyl groups is 1. The van der Waals surface area contributed by atoms with E-state index in [1.807, 2.05) is 32.0 Å². The normalized spacial score (nSPS) is 16.3. The van der Waals surface area contributed by atoms with E-state index in [-0.39, 0.29) is 50.7 Å².